The van der Waals surface area contributed by atoms with Crippen LogP contribution in [0.15, 0.2) is 83.8 Å². The molecule has 0 radical (unpaired) electrons. The standard InChI is InChI=1S/C27H27N3O3S2/c1-20-9-7-8-18-30(20)35(32,33)23-16-14-22(15-17-23)26(31)29(19-21-10-3-2-4-11-21)27-28-24-12-5-6-13-25(24)34-27/h2-6,10-17,20H,7-9,18-19H2,1H3. The van der Waals surface area contributed by atoms with Gasteiger partial charge in [-0.1, -0.05) is 60.2 Å². The quantitative estimate of drug-likeness (QED) is 0.337. The molecular formula is C27H27N3O3S2. The molecule has 1 aliphatic heterocycles. The maximum Gasteiger partial charge on any atom is 0.260 e. The van der Waals surface area contributed by atoms with Crippen LogP contribution in [0.4, 0.5) is 5.13 Å². The van der Waals surface area contributed by atoms with E-state index < -0.39 is 10.0 Å². The highest BCUT2D eigenvalue weighted by molar-refractivity contribution is 7.89. The van der Waals surface area contributed by atoms with Crippen molar-refractivity contribution in [2.24, 2.45) is 0 Å². The molecule has 6 nitrogen and oxygen atoms in total. The molecule has 0 saturated carbocycles. The van der Waals surface area contributed by atoms with Crippen molar-refractivity contribution in [1.29, 1.82) is 0 Å². The van der Waals surface area contributed by atoms with Crippen molar-refractivity contribution in [1.82, 2.24) is 9.29 Å². The van der Waals surface area contributed by atoms with Crippen molar-refractivity contribution in [3.05, 3.63) is 90.0 Å². The number of carbonyl (C=O) groups excluding carboxylic acids is 1. The number of anilines is 1. The number of aromatic nitrogens is 1. The summed E-state index contributed by atoms with van der Waals surface area (Å²) in [6.07, 6.45) is 2.78. The largest absolute Gasteiger partial charge is 0.279 e. The van der Waals surface area contributed by atoms with Gasteiger partial charge in [-0.15, -0.1) is 0 Å². The Hall–Kier alpha value is -3.07. The predicted octanol–water partition coefficient (Wildman–Crippen LogP) is 5.71. The van der Waals surface area contributed by atoms with Crippen LogP contribution in [0, 0.1) is 0 Å². The summed E-state index contributed by atoms with van der Waals surface area (Å²) in [6, 6.07) is 23.9. The van der Waals surface area contributed by atoms with Crippen LogP contribution < -0.4 is 4.90 Å². The van der Waals surface area contributed by atoms with Crippen molar-refractivity contribution in [2.45, 2.75) is 43.7 Å². The van der Waals surface area contributed by atoms with E-state index in [1.165, 1.54) is 11.3 Å². The van der Waals surface area contributed by atoms with Crippen LogP contribution in [-0.4, -0.2) is 36.2 Å². The normalized spacial score (nSPS) is 16.9. The Bertz CT molecular complexity index is 1400. The van der Waals surface area contributed by atoms with Gasteiger partial charge >= 0.3 is 0 Å². The Morgan fingerprint density at radius 3 is 2.43 bits per heavy atom. The molecule has 1 unspecified atom stereocenters. The predicted molar refractivity (Wildman–Crippen MR) is 140 cm³/mol. The second-order valence-corrected chi connectivity index (χ2v) is 11.7. The van der Waals surface area contributed by atoms with Gasteiger partial charge in [-0.05, 0) is 61.7 Å². The number of fused-ring (bicyclic) bond motifs is 1. The number of amides is 1. The summed E-state index contributed by atoms with van der Waals surface area (Å²) in [5, 5.41) is 0.610. The summed E-state index contributed by atoms with van der Waals surface area (Å²) in [6.45, 7) is 2.85. The van der Waals surface area contributed by atoms with E-state index in [-0.39, 0.29) is 16.8 Å². The number of rotatable bonds is 6. The number of hydrogen-bond acceptors (Lipinski definition) is 5. The van der Waals surface area contributed by atoms with Gasteiger partial charge in [-0.2, -0.15) is 4.31 Å². The van der Waals surface area contributed by atoms with Crippen LogP contribution in [0.5, 0.6) is 0 Å². The van der Waals surface area contributed by atoms with E-state index in [0.29, 0.717) is 23.8 Å². The Morgan fingerprint density at radius 1 is 1.00 bits per heavy atom. The van der Waals surface area contributed by atoms with Crippen molar-refractivity contribution < 1.29 is 13.2 Å². The molecule has 3 aromatic carbocycles. The Balaban J connectivity index is 1.46. The molecule has 1 saturated heterocycles. The van der Waals surface area contributed by atoms with E-state index in [9.17, 15) is 13.2 Å². The Kier molecular flexibility index (Phi) is 6.69. The van der Waals surface area contributed by atoms with E-state index in [0.717, 1.165) is 35.0 Å². The fourth-order valence-corrected chi connectivity index (χ4v) is 7.12. The fourth-order valence-electron chi connectivity index (χ4n) is 4.46. The number of hydrogen-bond donors (Lipinski definition) is 0. The van der Waals surface area contributed by atoms with Gasteiger partial charge in [-0.25, -0.2) is 13.4 Å². The number of thiazole rings is 1. The molecule has 35 heavy (non-hydrogen) atoms. The van der Waals surface area contributed by atoms with Gasteiger partial charge in [0.2, 0.25) is 10.0 Å². The summed E-state index contributed by atoms with van der Waals surface area (Å²) in [5.41, 5.74) is 2.25. The second kappa shape index (κ2) is 9.89. The minimum atomic E-state index is -3.59. The first-order valence-electron chi connectivity index (χ1n) is 11.8. The molecule has 1 atom stereocenters. The average molecular weight is 506 g/mol. The number of para-hydroxylation sites is 1. The number of benzene rings is 3. The molecule has 5 rings (SSSR count). The number of nitrogens with zero attached hydrogens (tertiary/aromatic N) is 3. The van der Waals surface area contributed by atoms with E-state index in [2.05, 4.69) is 0 Å². The molecule has 180 valence electrons. The minimum Gasteiger partial charge on any atom is -0.279 e. The van der Waals surface area contributed by atoms with E-state index in [1.54, 1.807) is 33.5 Å². The van der Waals surface area contributed by atoms with Crippen LogP contribution in [-0.2, 0) is 16.6 Å². The van der Waals surface area contributed by atoms with Gasteiger partial charge in [0, 0.05) is 18.2 Å². The van der Waals surface area contributed by atoms with Crippen LogP contribution in [0.1, 0.15) is 42.1 Å². The van der Waals surface area contributed by atoms with Gasteiger partial charge in [0.15, 0.2) is 5.13 Å². The third kappa shape index (κ3) is 4.87. The zero-order valence-corrected chi connectivity index (χ0v) is 21.1. The highest BCUT2D eigenvalue weighted by atomic mass is 32.2. The summed E-state index contributed by atoms with van der Waals surface area (Å²) >= 11 is 1.47. The van der Waals surface area contributed by atoms with Crippen LogP contribution in [0.25, 0.3) is 10.2 Å². The number of carbonyl (C=O) groups is 1. The molecule has 0 spiro atoms. The topological polar surface area (TPSA) is 70.6 Å². The molecule has 8 heteroatoms. The molecule has 0 N–H and O–H groups in total. The molecule has 1 fully saturated rings. The van der Waals surface area contributed by atoms with E-state index >= 15 is 0 Å². The van der Waals surface area contributed by atoms with Gasteiger partial charge in [0.1, 0.15) is 0 Å². The summed E-state index contributed by atoms with van der Waals surface area (Å²) < 4.78 is 29.0. The summed E-state index contributed by atoms with van der Waals surface area (Å²) in [7, 11) is -3.59. The molecule has 4 aromatic rings. The molecule has 0 aliphatic carbocycles. The fraction of sp³-hybridized carbons (Fsp3) is 0.259. The van der Waals surface area contributed by atoms with Gasteiger partial charge in [0.25, 0.3) is 5.91 Å². The third-order valence-corrected chi connectivity index (χ3v) is 9.48. The van der Waals surface area contributed by atoms with Gasteiger partial charge in [0.05, 0.1) is 21.7 Å². The molecule has 1 amide bonds. The van der Waals surface area contributed by atoms with Crippen molar-refractivity contribution in [3.8, 4) is 0 Å². The monoisotopic (exact) mass is 505 g/mol. The molecule has 2 heterocycles. The van der Waals surface area contributed by atoms with Crippen molar-refractivity contribution in [3.63, 3.8) is 0 Å². The lowest BCUT2D eigenvalue weighted by molar-refractivity contribution is 0.0985. The second-order valence-electron chi connectivity index (χ2n) is 8.83. The first-order chi connectivity index (χ1) is 16.9. The summed E-state index contributed by atoms with van der Waals surface area (Å²) in [5.74, 6) is -0.219. The lowest BCUT2D eigenvalue weighted by Gasteiger charge is -2.32. The lowest BCUT2D eigenvalue weighted by Crippen LogP contribution is -2.41. The Morgan fingerprint density at radius 2 is 1.71 bits per heavy atom. The van der Waals surface area contributed by atoms with Crippen LogP contribution >= 0.6 is 11.3 Å². The average Bonchev–Trinajstić information content (AvgIpc) is 3.32. The number of sulfonamides is 1. The molecule has 1 aromatic heterocycles. The van der Waals surface area contributed by atoms with E-state index in [4.69, 9.17) is 4.98 Å². The maximum absolute atomic E-state index is 13.7. The highest BCUT2D eigenvalue weighted by Crippen LogP contribution is 2.31. The van der Waals surface area contributed by atoms with E-state index in [1.807, 2.05) is 61.5 Å². The van der Waals surface area contributed by atoms with Gasteiger partial charge < -0.3 is 0 Å². The zero-order chi connectivity index (χ0) is 24.4. The first kappa shape index (κ1) is 23.7. The van der Waals surface area contributed by atoms with Crippen LogP contribution in [0.2, 0.25) is 0 Å². The number of piperidine rings is 1. The van der Waals surface area contributed by atoms with Crippen molar-refractivity contribution >= 4 is 42.6 Å². The van der Waals surface area contributed by atoms with Crippen LogP contribution in [0.3, 0.4) is 0 Å². The van der Waals surface area contributed by atoms with Gasteiger partial charge in [-0.3, -0.25) is 9.69 Å². The summed E-state index contributed by atoms with van der Waals surface area (Å²) in [4.78, 5) is 20.3. The third-order valence-electron chi connectivity index (χ3n) is 6.39. The first-order valence-corrected chi connectivity index (χ1v) is 14.0. The lowest BCUT2D eigenvalue weighted by atomic mass is 10.1. The van der Waals surface area contributed by atoms with Crippen molar-refractivity contribution in [2.75, 3.05) is 11.4 Å². The molecule has 0 bridgehead atoms. The Labute approximate surface area is 209 Å². The molecular weight excluding hydrogens is 478 g/mol. The smallest absolute Gasteiger partial charge is 0.260 e. The zero-order valence-electron chi connectivity index (χ0n) is 19.5. The SMILES string of the molecule is CC1CCCCN1S(=O)(=O)c1ccc(C(=O)N(Cc2ccccc2)c2nc3ccccc3s2)cc1. The molecule has 1 aliphatic rings. The maximum atomic E-state index is 13.7. The minimum absolute atomic E-state index is 0.0181. The highest BCUT2D eigenvalue weighted by Gasteiger charge is 2.31.